The lowest BCUT2D eigenvalue weighted by Crippen LogP contribution is -2.28. The molecule has 0 spiro atoms. The van der Waals surface area contributed by atoms with Gasteiger partial charge in [0.1, 0.15) is 5.82 Å². The van der Waals surface area contributed by atoms with Crippen LogP contribution in [0.2, 0.25) is 0 Å². The Balaban J connectivity index is 2.86. The second-order valence-electron chi connectivity index (χ2n) is 3.19. The standard InChI is InChI=1S/C10H13BrClFN2/c11-8-4-1-3-7(10(8)13)9(15-14)5-2-6-12/h1,3-4,9,15H,2,5-6,14H2. The third kappa shape index (κ3) is 3.41. The van der Waals surface area contributed by atoms with Gasteiger partial charge in [-0.05, 0) is 34.8 Å². The van der Waals surface area contributed by atoms with Crippen LogP contribution in [0.1, 0.15) is 24.4 Å². The fourth-order valence-electron chi connectivity index (χ4n) is 1.40. The van der Waals surface area contributed by atoms with Gasteiger partial charge in [0.05, 0.1) is 4.47 Å². The van der Waals surface area contributed by atoms with Gasteiger partial charge in [-0.25, -0.2) is 4.39 Å². The minimum atomic E-state index is -0.268. The number of alkyl halides is 1. The van der Waals surface area contributed by atoms with E-state index in [0.717, 1.165) is 6.42 Å². The molecule has 15 heavy (non-hydrogen) atoms. The summed E-state index contributed by atoms with van der Waals surface area (Å²) >= 11 is 8.73. The van der Waals surface area contributed by atoms with Gasteiger partial charge in [0.15, 0.2) is 0 Å². The maximum absolute atomic E-state index is 13.7. The zero-order valence-corrected chi connectivity index (χ0v) is 10.5. The highest BCUT2D eigenvalue weighted by atomic mass is 79.9. The van der Waals surface area contributed by atoms with E-state index in [0.29, 0.717) is 22.3 Å². The quantitative estimate of drug-likeness (QED) is 0.498. The van der Waals surface area contributed by atoms with Crippen molar-refractivity contribution >= 4 is 27.5 Å². The van der Waals surface area contributed by atoms with Crippen molar-refractivity contribution < 1.29 is 4.39 Å². The third-order valence-electron chi connectivity index (χ3n) is 2.18. The zero-order chi connectivity index (χ0) is 11.3. The maximum atomic E-state index is 13.7. The van der Waals surface area contributed by atoms with Gasteiger partial charge in [-0.15, -0.1) is 11.6 Å². The van der Waals surface area contributed by atoms with Gasteiger partial charge in [0, 0.05) is 17.5 Å². The summed E-state index contributed by atoms with van der Waals surface area (Å²) in [5.41, 5.74) is 3.17. The number of nitrogens with two attached hydrogens (primary N) is 1. The van der Waals surface area contributed by atoms with Gasteiger partial charge in [0.25, 0.3) is 0 Å². The van der Waals surface area contributed by atoms with E-state index in [1.165, 1.54) is 0 Å². The Labute approximate surface area is 102 Å². The molecular formula is C10H13BrClFN2. The minimum absolute atomic E-state index is 0.193. The second-order valence-corrected chi connectivity index (χ2v) is 4.43. The summed E-state index contributed by atoms with van der Waals surface area (Å²) in [6.07, 6.45) is 1.51. The van der Waals surface area contributed by atoms with E-state index in [2.05, 4.69) is 21.4 Å². The van der Waals surface area contributed by atoms with E-state index in [-0.39, 0.29) is 11.9 Å². The van der Waals surface area contributed by atoms with E-state index in [1.807, 2.05) is 0 Å². The summed E-state index contributed by atoms with van der Waals surface area (Å²) in [5, 5.41) is 0. The van der Waals surface area contributed by atoms with Gasteiger partial charge in [-0.2, -0.15) is 0 Å². The maximum Gasteiger partial charge on any atom is 0.142 e. The van der Waals surface area contributed by atoms with Gasteiger partial charge in [0.2, 0.25) is 0 Å². The van der Waals surface area contributed by atoms with Crippen LogP contribution in [0.3, 0.4) is 0 Å². The van der Waals surface area contributed by atoms with Gasteiger partial charge >= 0.3 is 0 Å². The molecule has 1 unspecified atom stereocenters. The molecule has 0 aliphatic carbocycles. The number of nitrogens with one attached hydrogen (secondary N) is 1. The largest absolute Gasteiger partial charge is 0.271 e. The Kier molecular flexibility index (Phi) is 5.53. The molecule has 1 atom stereocenters. The molecule has 0 aliphatic heterocycles. The first-order valence-electron chi connectivity index (χ1n) is 4.66. The number of benzene rings is 1. The number of hydrogen-bond donors (Lipinski definition) is 2. The van der Waals surface area contributed by atoms with Crippen LogP contribution in [0.5, 0.6) is 0 Å². The van der Waals surface area contributed by atoms with E-state index < -0.39 is 0 Å². The van der Waals surface area contributed by atoms with Crippen LogP contribution >= 0.6 is 27.5 Å². The van der Waals surface area contributed by atoms with E-state index in [1.54, 1.807) is 18.2 Å². The molecular weight excluding hydrogens is 282 g/mol. The highest BCUT2D eigenvalue weighted by Crippen LogP contribution is 2.26. The molecule has 84 valence electrons. The number of rotatable bonds is 5. The van der Waals surface area contributed by atoms with Crippen molar-refractivity contribution in [3.8, 4) is 0 Å². The summed E-state index contributed by atoms with van der Waals surface area (Å²) in [6.45, 7) is 0. The molecule has 1 rings (SSSR count). The Morgan fingerprint density at radius 3 is 2.87 bits per heavy atom. The van der Waals surface area contributed by atoms with Crippen molar-refractivity contribution in [3.63, 3.8) is 0 Å². The first-order valence-corrected chi connectivity index (χ1v) is 5.99. The molecule has 0 fully saturated rings. The number of hydrogen-bond acceptors (Lipinski definition) is 2. The molecule has 0 radical (unpaired) electrons. The van der Waals surface area contributed by atoms with Crippen LogP contribution in [0.4, 0.5) is 4.39 Å². The Hall–Kier alpha value is -0.160. The van der Waals surface area contributed by atoms with Crippen molar-refractivity contribution in [2.75, 3.05) is 5.88 Å². The average molecular weight is 296 g/mol. The third-order valence-corrected chi connectivity index (χ3v) is 3.06. The summed E-state index contributed by atoms with van der Waals surface area (Å²) in [7, 11) is 0. The molecule has 0 aliphatic rings. The van der Waals surface area contributed by atoms with Crippen molar-refractivity contribution in [2.45, 2.75) is 18.9 Å². The zero-order valence-electron chi connectivity index (χ0n) is 8.14. The molecule has 0 aromatic heterocycles. The molecule has 0 saturated heterocycles. The molecule has 0 bridgehead atoms. The second kappa shape index (κ2) is 6.43. The molecule has 1 aromatic rings. The first-order chi connectivity index (χ1) is 7.20. The molecule has 2 nitrogen and oxygen atoms in total. The summed E-state index contributed by atoms with van der Waals surface area (Å²) < 4.78 is 14.1. The van der Waals surface area contributed by atoms with Crippen molar-refractivity contribution in [1.29, 1.82) is 0 Å². The molecule has 5 heteroatoms. The predicted octanol–water partition coefficient (Wildman–Crippen LogP) is 3.11. The first kappa shape index (κ1) is 12.9. The predicted molar refractivity (Wildman–Crippen MR) is 64.1 cm³/mol. The van der Waals surface area contributed by atoms with Crippen molar-refractivity contribution in [1.82, 2.24) is 5.43 Å². The Bertz CT molecular complexity index is 322. The Morgan fingerprint density at radius 1 is 1.53 bits per heavy atom. The monoisotopic (exact) mass is 294 g/mol. The van der Waals surface area contributed by atoms with Crippen LogP contribution in [0, 0.1) is 5.82 Å². The van der Waals surface area contributed by atoms with Gasteiger partial charge in [-0.1, -0.05) is 12.1 Å². The highest BCUT2D eigenvalue weighted by molar-refractivity contribution is 9.10. The van der Waals surface area contributed by atoms with Crippen LogP contribution in [-0.2, 0) is 0 Å². The van der Waals surface area contributed by atoms with Crippen LogP contribution in [0.25, 0.3) is 0 Å². The molecule has 0 amide bonds. The average Bonchev–Trinajstić information content (AvgIpc) is 2.25. The number of hydrazine groups is 1. The molecule has 3 N–H and O–H groups in total. The van der Waals surface area contributed by atoms with Crippen LogP contribution < -0.4 is 11.3 Å². The SMILES string of the molecule is NNC(CCCCl)c1cccc(Br)c1F. The van der Waals surface area contributed by atoms with Crippen LogP contribution in [0.15, 0.2) is 22.7 Å². The van der Waals surface area contributed by atoms with E-state index in [9.17, 15) is 4.39 Å². The van der Waals surface area contributed by atoms with Crippen LogP contribution in [-0.4, -0.2) is 5.88 Å². The molecule has 1 aromatic carbocycles. The number of halogens is 3. The summed E-state index contributed by atoms with van der Waals surface area (Å²) in [5.74, 6) is 5.67. The topological polar surface area (TPSA) is 38.0 Å². The minimum Gasteiger partial charge on any atom is -0.271 e. The smallest absolute Gasteiger partial charge is 0.142 e. The van der Waals surface area contributed by atoms with Gasteiger partial charge < -0.3 is 0 Å². The highest BCUT2D eigenvalue weighted by Gasteiger charge is 2.15. The van der Waals surface area contributed by atoms with Crippen molar-refractivity contribution in [3.05, 3.63) is 34.1 Å². The normalized spacial score (nSPS) is 12.8. The summed E-state index contributed by atoms with van der Waals surface area (Å²) in [4.78, 5) is 0. The fraction of sp³-hybridized carbons (Fsp3) is 0.400. The van der Waals surface area contributed by atoms with E-state index >= 15 is 0 Å². The molecule has 0 heterocycles. The van der Waals surface area contributed by atoms with Gasteiger partial charge in [-0.3, -0.25) is 11.3 Å². The fourth-order valence-corrected chi connectivity index (χ4v) is 1.94. The lowest BCUT2D eigenvalue weighted by atomic mass is 10.0. The van der Waals surface area contributed by atoms with Crippen molar-refractivity contribution in [2.24, 2.45) is 5.84 Å². The lowest BCUT2D eigenvalue weighted by Gasteiger charge is -2.16. The van der Waals surface area contributed by atoms with E-state index in [4.69, 9.17) is 17.4 Å². The molecule has 0 saturated carbocycles. The summed E-state index contributed by atoms with van der Waals surface area (Å²) in [6, 6.07) is 4.97. The lowest BCUT2D eigenvalue weighted by molar-refractivity contribution is 0.480. The Morgan fingerprint density at radius 2 is 2.27 bits per heavy atom.